The molecule has 7 nitrogen and oxygen atoms in total. The maximum Gasteiger partial charge on any atom is 0.247 e. The maximum absolute atomic E-state index is 13.5. The minimum Gasteiger partial charge on any atom is -0.352 e. The molecule has 1 saturated heterocycles. The lowest BCUT2D eigenvalue weighted by molar-refractivity contribution is -0.126. The number of hydrogen-bond acceptors (Lipinski definition) is 4. The number of pyridine rings is 1. The lowest BCUT2D eigenvalue weighted by Crippen LogP contribution is -2.46. The Kier molecular flexibility index (Phi) is 6.53. The van der Waals surface area contributed by atoms with Gasteiger partial charge in [-0.05, 0) is 36.1 Å². The Morgan fingerprint density at radius 3 is 2.31 bits per heavy atom. The topological polar surface area (TPSA) is 99.3 Å². The van der Waals surface area contributed by atoms with Gasteiger partial charge in [-0.15, -0.1) is 0 Å². The van der Waals surface area contributed by atoms with Gasteiger partial charge in [0, 0.05) is 25.4 Å². The molecule has 2 atom stereocenters. The molecule has 0 radical (unpaired) electrons. The second-order valence-corrected chi connectivity index (χ2v) is 9.76. The van der Waals surface area contributed by atoms with E-state index in [9.17, 15) is 18.0 Å². The summed E-state index contributed by atoms with van der Waals surface area (Å²) < 4.78 is 28.5. The second-order valence-electron chi connectivity index (χ2n) is 7.87. The number of hydrogen-bond donors (Lipinski definition) is 2. The van der Waals surface area contributed by atoms with Crippen molar-refractivity contribution < 1.29 is 13.2 Å². The molecular formula is C24H25N3O4S. The molecule has 32 heavy (non-hydrogen) atoms. The van der Waals surface area contributed by atoms with Crippen molar-refractivity contribution in [3.05, 3.63) is 100 Å². The molecule has 2 heterocycles. The Balaban J connectivity index is 1.56. The number of nitrogens with zero attached hydrogens (tertiary/aromatic N) is 1. The van der Waals surface area contributed by atoms with Crippen LogP contribution in [0, 0.1) is 5.92 Å². The van der Waals surface area contributed by atoms with E-state index in [1.54, 1.807) is 42.6 Å². The first-order valence-corrected chi connectivity index (χ1v) is 12.0. The molecule has 2 N–H and O–H groups in total. The SMILES string of the molecule is O=C(NCc1ccc(=O)[nH]c1)C1CCC(c2ccccc2)N(S(=O)(=O)c2ccccc2)C1. The molecule has 8 heteroatoms. The number of benzene rings is 2. The number of sulfonamides is 1. The van der Waals surface area contributed by atoms with E-state index < -0.39 is 15.9 Å². The zero-order valence-electron chi connectivity index (χ0n) is 17.5. The number of carbonyl (C=O) groups excluding carboxylic acids is 1. The van der Waals surface area contributed by atoms with Gasteiger partial charge in [-0.1, -0.05) is 54.6 Å². The Morgan fingerprint density at radius 1 is 0.969 bits per heavy atom. The van der Waals surface area contributed by atoms with Crippen molar-refractivity contribution in [2.24, 2.45) is 5.92 Å². The summed E-state index contributed by atoms with van der Waals surface area (Å²) in [4.78, 5) is 26.9. The van der Waals surface area contributed by atoms with E-state index in [-0.39, 0.29) is 35.5 Å². The summed E-state index contributed by atoms with van der Waals surface area (Å²) in [6.45, 7) is 0.369. The van der Waals surface area contributed by atoms with Crippen molar-refractivity contribution in [2.75, 3.05) is 6.54 Å². The highest BCUT2D eigenvalue weighted by molar-refractivity contribution is 7.89. The highest BCUT2D eigenvalue weighted by Crippen LogP contribution is 2.37. The standard InChI is InChI=1S/C24H25N3O4S/c28-23-14-11-18(15-25-23)16-26-24(29)20-12-13-22(19-7-3-1-4-8-19)27(17-20)32(30,31)21-9-5-2-6-10-21/h1-11,14-15,20,22H,12-13,16-17H2,(H,25,28)(H,26,29). The van der Waals surface area contributed by atoms with Crippen LogP contribution in [0.4, 0.5) is 0 Å². The van der Waals surface area contributed by atoms with Crippen molar-refractivity contribution >= 4 is 15.9 Å². The van der Waals surface area contributed by atoms with E-state index >= 15 is 0 Å². The highest BCUT2D eigenvalue weighted by Gasteiger charge is 2.39. The maximum atomic E-state index is 13.5. The molecule has 1 aliphatic heterocycles. The molecule has 0 saturated carbocycles. The minimum atomic E-state index is -3.78. The Bertz CT molecular complexity index is 1210. The van der Waals surface area contributed by atoms with Gasteiger partial charge in [-0.25, -0.2) is 8.42 Å². The zero-order chi connectivity index (χ0) is 22.6. The van der Waals surface area contributed by atoms with Crippen LogP contribution in [0.1, 0.15) is 30.0 Å². The fourth-order valence-corrected chi connectivity index (χ4v) is 5.75. The average molecular weight is 452 g/mol. The predicted molar refractivity (Wildman–Crippen MR) is 121 cm³/mol. The van der Waals surface area contributed by atoms with Crippen molar-refractivity contribution in [1.82, 2.24) is 14.6 Å². The van der Waals surface area contributed by atoms with Gasteiger partial charge in [0.2, 0.25) is 21.5 Å². The summed E-state index contributed by atoms with van der Waals surface area (Å²) in [6.07, 6.45) is 2.69. The van der Waals surface area contributed by atoms with E-state index in [1.807, 2.05) is 30.3 Å². The summed E-state index contributed by atoms with van der Waals surface area (Å²) in [5, 5.41) is 2.87. The largest absolute Gasteiger partial charge is 0.352 e. The Hall–Kier alpha value is -3.23. The van der Waals surface area contributed by atoms with Crippen LogP contribution in [0.5, 0.6) is 0 Å². The van der Waals surface area contributed by atoms with Gasteiger partial charge in [0.25, 0.3) is 0 Å². The van der Waals surface area contributed by atoms with Gasteiger partial charge in [-0.3, -0.25) is 9.59 Å². The second kappa shape index (κ2) is 9.50. The fraction of sp³-hybridized carbons (Fsp3) is 0.250. The molecule has 166 valence electrons. The minimum absolute atomic E-state index is 0.105. The first-order valence-electron chi connectivity index (χ1n) is 10.5. The smallest absolute Gasteiger partial charge is 0.247 e. The van der Waals surface area contributed by atoms with Gasteiger partial charge >= 0.3 is 0 Å². The zero-order valence-corrected chi connectivity index (χ0v) is 18.3. The van der Waals surface area contributed by atoms with Crippen LogP contribution in [-0.2, 0) is 21.4 Å². The summed E-state index contributed by atoms with van der Waals surface area (Å²) in [6, 6.07) is 20.6. The number of nitrogens with one attached hydrogen (secondary N) is 2. The molecule has 0 bridgehead atoms. The number of aromatic nitrogens is 1. The number of H-pyrrole nitrogens is 1. The molecule has 1 fully saturated rings. The van der Waals surface area contributed by atoms with E-state index in [1.165, 1.54) is 10.4 Å². The fourth-order valence-electron chi connectivity index (χ4n) is 4.04. The molecule has 4 rings (SSSR count). The van der Waals surface area contributed by atoms with E-state index in [0.717, 1.165) is 11.1 Å². The third kappa shape index (κ3) is 4.81. The number of rotatable bonds is 6. The molecule has 1 aliphatic rings. The quantitative estimate of drug-likeness (QED) is 0.602. The summed E-state index contributed by atoms with van der Waals surface area (Å²) in [5.41, 5.74) is 1.48. The third-order valence-electron chi connectivity index (χ3n) is 5.76. The molecule has 0 spiro atoms. The van der Waals surface area contributed by atoms with Crippen molar-refractivity contribution in [1.29, 1.82) is 0 Å². The van der Waals surface area contributed by atoms with Gasteiger partial charge in [-0.2, -0.15) is 4.31 Å². The molecular weight excluding hydrogens is 426 g/mol. The van der Waals surface area contributed by atoms with Crippen LogP contribution in [0.25, 0.3) is 0 Å². The van der Waals surface area contributed by atoms with Gasteiger partial charge in [0.05, 0.1) is 16.9 Å². The summed E-state index contributed by atoms with van der Waals surface area (Å²) in [7, 11) is -3.78. The van der Waals surface area contributed by atoms with Crippen LogP contribution < -0.4 is 10.9 Å². The van der Waals surface area contributed by atoms with Crippen LogP contribution in [-0.4, -0.2) is 30.2 Å². The van der Waals surface area contributed by atoms with E-state index in [2.05, 4.69) is 10.3 Å². The lowest BCUT2D eigenvalue weighted by atomic mass is 9.90. The predicted octanol–water partition coefficient (Wildman–Crippen LogP) is 2.83. The van der Waals surface area contributed by atoms with Crippen molar-refractivity contribution in [3.8, 4) is 0 Å². The average Bonchev–Trinajstić information content (AvgIpc) is 2.84. The highest BCUT2D eigenvalue weighted by atomic mass is 32.2. The monoisotopic (exact) mass is 451 g/mol. The number of piperidine rings is 1. The van der Waals surface area contributed by atoms with Gasteiger partial charge < -0.3 is 10.3 Å². The molecule has 1 amide bonds. The number of amides is 1. The lowest BCUT2D eigenvalue weighted by Gasteiger charge is -2.38. The Labute approximate surface area is 187 Å². The normalized spacial score (nSPS) is 19.4. The van der Waals surface area contributed by atoms with Crippen molar-refractivity contribution in [3.63, 3.8) is 0 Å². The van der Waals surface area contributed by atoms with Gasteiger partial charge in [0.15, 0.2) is 0 Å². The number of aromatic amines is 1. The van der Waals surface area contributed by atoms with Crippen molar-refractivity contribution in [2.45, 2.75) is 30.3 Å². The summed E-state index contributed by atoms with van der Waals surface area (Å²) >= 11 is 0. The van der Waals surface area contributed by atoms with Crippen LogP contribution in [0.2, 0.25) is 0 Å². The molecule has 1 aromatic heterocycles. The molecule has 0 aliphatic carbocycles. The van der Waals surface area contributed by atoms with Crippen LogP contribution >= 0.6 is 0 Å². The van der Waals surface area contributed by atoms with E-state index in [4.69, 9.17) is 0 Å². The van der Waals surface area contributed by atoms with Crippen LogP contribution in [0.15, 0.2) is 88.7 Å². The molecule has 3 aromatic rings. The first kappa shape index (κ1) is 22.0. The first-order chi connectivity index (χ1) is 15.4. The molecule has 2 unspecified atom stereocenters. The summed E-state index contributed by atoms with van der Waals surface area (Å²) in [5.74, 6) is -0.660. The van der Waals surface area contributed by atoms with Crippen LogP contribution in [0.3, 0.4) is 0 Å². The Morgan fingerprint density at radius 2 is 1.66 bits per heavy atom. The van der Waals surface area contributed by atoms with Gasteiger partial charge in [0.1, 0.15) is 0 Å². The van der Waals surface area contributed by atoms with E-state index in [0.29, 0.717) is 12.8 Å². The number of carbonyl (C=O) groups is 1. The third-order valence-corrected chi connectivity index (χ3v) is 7.65. The molecule has 2 aromatic carbocycles.